The lowest BCUT2D eigenvalue weighted by Crippen LogP contribution is -2.69. The van der Waals surface area contributed by atoms with Crippen LogP contribution in [0.25, 0.3) is 10.4 Å². The quantitative estimate of drug-likeness (QED) is 0.0718. The summed E-state index contributed by atoms with van der Waals surface area (Å²) in [5.41, 5.74) is 9.44. The number of esters is 3. The zero-order chi connectivity index (χ0) is 39.7. The number of hydrogen-bond acceptors (Lipinski definition) is 15. The average molecular weight is 848 g/mol. The van der Waals surface area contributed by atoms with Gasteiger partial charge in [0.15, 0.2) is 24.8 Å². The van der Waals surface area contributed by atoms with Crippen molar-refractivity contribution >= 4 is 70.6 Å². The van der Waals surface area contributed by atoms with Crippen molar-refractivity contribution in [3.8, 4) is 0 Å². The third-order valence-electron chi connectivity index (χ3n) is 8.20. The van der Waals surface area contributed by atoms with Crippen molar-refractivity contribution in [1.29, 1.82) is 0 Å². The Morgan fingerprint density at radius 2 is 1.55 bits per heavy atom. The Morgan fingerprint density at radius 3 is 2.16 bits per heavy atom. The molecule has 3 aliphatic heterocycles. The molecule has 0 bridgehead atoms. The molecule has 11 atom stereocenters. The molecule has 0 aliphatic carbocycles. The van der Waals surface area contributed by atoms with Crippen molar-refractivity contribution in [2.45, 2.75) is 96.2 Å². The monoisotopic (exact) mass is 846 g/mol. The van der Waals surface area contributed by atoms with Gasteiger partial charge in [0.2, 0.25) is 3.79 Å². The van der Waals surface area contributed by atoms with Crippen molar-refractivity contribution in [2.24, 2.45) is 5.11 Å². The maximum atomic E-state index is 13.4. The largest absolute Gasteiger partial charge is 0.463 e. The molecule has 3 heterocycles. The van der Waals surface area contributed by atoms with Gasteiger partial charge in [0.25, 0.3) is 0 Å². The highest BCUT2D eigenvalue weighted by atomic mass is 35.6. The number of hydrogen-bond donors (Lipinski definition) is 1. The van der Waals surface area contributed by atoms with Crippen molar-refractivity contribution in [3.63, 3.8) is 0 Å². The Bertz CT molecular complexity index is 1690. The first-order valence-electron chi connectivity index (χ1n) is 16.7. The molecule has 0 aromatic heterocycles. The number of fused-ring (bicyclic) bond motifs is 1. The number of azide groups is 1. The highest BCUT2D eigenvalue weighted by Crippen LogP contribution is 2.42. The number of carbonyl (C=O) groups excluding carboxylic acids is 4. The summed E-state index contributed by atoms with van der Waals surface area (Å²) in [5, 5.41) is 6.60. The molecule has 1 amide bonds. The third kappa shape index (κ3) is 12.0. The molecule has 2 aromatic rings. The fraction of sp³-hybridized carbons (Fsp3) is 0.529. The summed E-state index contributed by atoms with van der Waals surface area (Å²) in [5.74, 6) is -2.32. The highest BCUT2D eigenvalue weighted by Gasteiger charge is 2.56. The van der Waals surface area contributed by atoms with Gasteiger partial charge in [0, 0.05) is 36.1 Å². The second kappa shape index (κ2) is 19.5. The molecule has 3 aliphatic rings. The molecule has 5 rings (SSSR count). The number of nitrogens with zero attached hydrogens (tertiary/aromatic N) is 3. The number of alkyl halides is 3. The first-order chi connectivity index (χ1) is 26.2. The fourth-order valence-corrected chi connectivity index (χ4v) is 7.37. The first-order valence-corrected chi connectivity index (χ1v) is 18.8. The summed E-state index contributed by atoms with van der Waals surface area (Å²) in [6.45, 7) is 2.25. The predicted molar refractivity (Wildman–Crippen MR) is 194 cm³/mol. The normalized spacial score (nSPS) is 30.4. The molecule has 3 fully saturated rings. The van der Waals surface area contributed by atoms with E-state index in [2.05, 4.69) is 15.3 Å². The highest BCUT2D eigenvalue weighted by molar-refractivity contribution is 7.99. The second-order valence-corrected chi connectivity index (χ2v) is 16.0. The number of nitrogens with one attached hydrogen (secondary N) is 1. The molecule has 21 heteroatoms. The molecular formula is C34H37Cl3N4O13S. The van der Waals surface area contributed by atoms with E-state index in [0.29, 0.717) is 5.56 Å². The topological polar surface area (TPSA) is 212 Å². The van der Waals surface area contributed by atoms with Crippen LogP contribution in [0, 0.1) is 0 Å². The number of amides is 1. The number of rotatable bonds is 12. The van der Waals surface area contributed by atoms with E-state index in [1.54, 1.807) is 24.3 Å². The summed E-state index contributed by atoms with van der Waals surface area (Å²) >= 11 is 18.8. The van der Waals surface area contributed by atoms with Crippen molar-refractivity contribution < 1.29 is 61.8 Å². The van der Waals surface area contributed by atoms with Crippen LogP contribution in [0.15, 0.2) is 70.7 Å². The number of ether oxygens (including phenoxy) is 9. The molecule has 1 N–H and O–H groups in total. The Kier molecular flexibility index (Phi) is 15.1. The van der Waals surface area contributed by atoms with Gasteiger partial charge in [-0.05, 0) is 17.7 Å². The molecule has 0 saturated carbocycles. The van der Waals surface area contributed by atoms with Crippen LogP contribution in [0.3, 0.4) is 0 Å². The minimum absolute atomic E-state index is 0.00530. The van der Waals surface area contributed by atoms with E-state index in [9.17, 15) is 24.7 Å². The van der Waals surface area contributed by atoms with Gasteiger partial charge in [0.05, 0.1) is 12.6 Å². The number of carbonyl (C=O) groups is 4. The Hall–Kier alpha value is -3.55. The van der Waals surface area contributed by atoms with Crippen LogP contribution in [-0.2, 0) is 57.0 Å². The summed E-state index contributed by atoms with van der Waals surface area (Å²) in [6, 6.07) is 15.4. The summed E-state index contributed by atoms with van der Waals surface area (Å²) in [4.78, 5) is 53.7. The number of thioether (sulfide) groups is 1. The first kappa shape index (κ1) is 42.6. The third-order valence-corrected chi connectivity index (χ3v) is 9.71. The predicted octanol–water partition coefficient (Wildman–Crippen LogP) is 5.30. The Morgan fingerprint density at radius 1 is 0.891 bits per heavy atom. The molecule has 3 saturated heterocycles. The molecule has 0 unspecified atom stereocenters. The standard InChI is InChI=1S/C34H37Cl3N4O13S/c1-17(42)46-14-22-26(49-18(2)43)28(50-19(3)44)24(40-41-38)31(51-22)54-29-25(39-33(45)48-16-34(35,36)37)32(55-21-12-8-5-9-13-21)52-23-15-47-30(53-27(23)29)20-10-6-4-7-11-20/h4-13,22-32H,14-16H2,1-3H3,(H,39,45)/t22-,23-,24-,25-,26-,27-,28-,29-,30-,31-,32+/m1/s1. The van der Waals surface area contributed by atoms with Crippen LogP contribution < -0.4 is 5.32 Å². The molecule has 0 spiro atoms. The van der Waals surface area contributed by atoms with Gasteiger partial charge < -0.3 is 47.9 Å². The van der Waals surface area contributed by atoms with E-state index >= 15 is 0 Å². The van der Waals surface area contributed by atoms with E-state index in [1.165, 1.54) is 11.8 Å². The lowest BCUT2D eigenvalue weighted by atomic mass is 9.94. The van der Waals surface area contributed by atoms with Gasteiger partial charge in [-0.15, -0.1) is 0 Å². The zero-order valence-electron chi connectivity index (χ0n) is 29.4. The second-order valence-electron chi connectivity index (χ2n) is 12.3. The zero-order valence-corrected chi connectivity index (χ0v) is 32.5. The molecule has 55 heavy (non-hydrogen) atoms. The minimum Gasteiger partial charge on any atom is -0.463 e. The van der Waals surface area contributed by atoms with E-state index in [0.717, 1.165) is 25.7 Å². The SMILES string of the molecule is CC(=O)OC[C@H]1O[C@H](O[C@@H]2[C@@H](NC(=O)OCC(Cl)(Cl)Cl)[C@H](Sc3ccccc3)O[C@@H]3CO[C@@H](c4ccccc4)O[C@@H]23)[C@H](N=[N+]=[N-])[C@@H](OC(C)=O)[C@@H]1OC(C)=O. The van der Waals surface area contributed by atoms with E-state index < -0.39 is 108 Å². The van der Waals surface area contributed by atoms with Gasteiger partial charge in [-0.25, -0.2) is 4.79 Å². The fourth-order valence-electron chi connectivity index (χ4n) is 6.06. The van der Waals surface area contributed by atoms with Gasteiger partial charge >= 0.3 is 24.0 Å². The van der Waals surface area contributed by atoms with Crippen molar-refractivity contribution in [1.82, 2.24) is 5.32 Å². The van der Waals surface area contributed by atoms with Crippen LogP contribution in [0.2, 0.25) is 0 Å². The van der Waals surface area contributed by atoms with Crippen molar-refractivity contribution in [3.05, 3.63) is 76.7 Å². The van der Waals surface area contributed by atoms with Crippen LogP contribution >= 0.6 is 46.6 Å². The van der Waals surface area contributed by atoms with E-state index in [-0.39, 0.29) is 6.61 Å². The average Bonchev–Trinajstić information content (AvgIpc) is 3.13. The van der Waals surface area contributed by atoms with Gasteiger partial charge in [0.1, 0.15) is 49.1 Å². The van der Waals surface area contributed by atoms with Crippen LogP contribution in [0.4, 0.5) is 4.79 Å². The number of benzene rings is 2. The molecule has 0 radical (unpaired) electrons. The lowest BCUT2D eigenvalue weighted by molar-refractivity contribution is -0.343. The Labute approximate surface area is 334 Å². The molecule has 17 nitrogen and oxygen atoms in total. The molecule has 2 aromatic carbocycles. The molecule has 298 valence electrons. The summed E-state index contributed by atoms with van der Waals surface area (Å²) in [6.07, 6.45) is -10.9. The number of alkyl carbamates (subject to hydrolysis) is 1. The van der Waals surface area contributed by atoms with Crippen LogP contribution in [0.1, 0.15) is 32.6 Å². The smallest absolute Gasteiger partial charge is 0.407 e. The summed E-state index contributed by atoms with van der Waals surface area (Å²) in [7, 11) is 0. The maximum absolute atomic E-state index is 13.4. The Balaban J connectivity index is 1.59. The summed E-state index contributed by atoms with van der Waals surface area (Å²) < 4.78 is 51.6. The van der Waals surface area contributed by atoms with Gasteiger partial charge in [-0.3, -0.25) is 14.4 Å². The molecular weight excluding hydrogens is 811 g/mol. The lowest BCUT2D eigenvalue weighted by Gasteiger charge is -2.51. The number of halogens is 3. The van der Waals surface area contributed by atoms with Gasteiger partial charge in [-0.2, -0.15) is 0 Å². The van der Waals surface area contributed by atoms with Gasteiger partial charge in [-0.1, -0.05) is 100 Å². The van der Waals surface area contributed by atoms with E-state index in [4.69, 9.17) is 77.4 Å². The minimum atomic E-state index is -1.94. The maximum Gasteiger partial charge on any atom is 0.407 e. The van der Waals surface area contributed by atoms with Crippen LogP contribution in [0.5, 0.6) is 0 Å². The van der Waals surface area contributed by atoms with Crippen LogP contribution in [-0.4, -0.2) is 108 Å². The van der Waals surface area contributed by atoms with E-state index in [1.807, 2.05) is 36.4 Å². The van der Waals surface area contributed by atoms with Crippen molar-refractivity contribution in [2.75, 3.05) is 19.8 Å².